The number of amides is 1. The van der Waals surface area contributed by atoms with Gasteiger partial charge in [0.2, 0.25) is 5.91 Å². The second-order valence-corrected chi connectivity index (χ2v) is 4.16. The molecule has 0 saturated carbocycles. The molecule has 0 unspecified atom stereocenters. The molecule has 0 fully saturated rings. The van der Waals surface area contributed by atoms with E-state index < -0.39 is 0 Å². The van der Waals surface area contributed by atoms with Crippen molar-refractivity contribution < 1.29 is 4.79 Å². The van der Waals surface area contributed by atoms with Crippen molar-refractivity contribution in [1.29, 1.82) is 0 Å². The molecule has 0 atom stereocenters. The number of carbonyl (C=O) groups excluding carboxylic acids is 1. The maximum atomic E-state index is 11.3. The van der Waals surface area contributed by atoms with Crippen LogP contribution < -0.4 is 10.6 Å². The number of hydrogen-bond acceptors (Lipinski definition) is 3. The Kier molecular flexibility index (Phi) is 7.38. The van der Waals surface area contributed by atoms with Gasteiger partial charge in [0.15, 0.2) is 0 Å². The maximum absolute atomic E-state index is 11.3. The normalized spacial score (nSPS) is 9.47. The van der Waals surface area contributed by atoms with Gasteiger partial charge in [-0.05, 0) is 31.0 Å². The topological polar surface area (TPSA) is 41.1 Å². The highest BCUT2D eigenvalue weighted by atomic mass is 35.5. The third-order valence-corrected chi connectivity index (χ3v) is 3.04. The van der Waals surface area contributed by atoms with E-state index in [1.807, 2.05) is 12.4 Å². The van der Waals surface area contributed by atoms with Crippen LogP contribution in [0.15, 0.2) is 11.4 Å². The summed E-state index contributed by atoms with van der Waals surface area (Å²) in [5.41, 5.74) is 1.25. The SMILES string of the molecule is CNCCC(=O)NCc1sccc1C.Cl. The molecular formula is C10H17ClN2OS. The molecule has 0 aliphatic heterocycles. The first kappa shape index (κ1) is 14.4. The Labute approximate surface area is 101 Å². The van der Waals surface area contributed by atoms with Crippen LogP contribution in [0.4, 0.5) is 0 Å². The summed E-state index contributed by atoms with van der Waals surface area (Å²) >= 11 is 1.69. The van der Waals surface area contributed by atoms with Crippen molar-refractivity contribution in [3.05, 3.63) is 21.9 Å². The quantitative estimate of drug-likeness (QED) is 0.833. The Morgan fingerprint density at radius 3 is 2.80 bits per heavy atom. The average molecular weight is 249 g/mol. The van der Waals surface area contributed by atoms with Crippen LogP contribution in [0.1, 0.15) is 16.9 Å². The lowest BCUT2D eigenvalue weighted by atomic mass is 10.3. The van der Waals surface area contributed by atoms with Gasteiger partial charge in [0.1, 0.15) is 0 Å². The highest BCUT2D eigenvalue weighted by Crippen LogP contribution is 2.14. The molecule has 0 aromatic carbocycles. The van der Waals surface area contributed by atoms with Crippen molar-refractivity contribution in [2.45, 2.75) is 19.9 Å². The van der Waals surface area contributed by atoms with E-state index in [1.54, 1.807) is 11.3 Å². The molecule has 1 rings (SSSR count). The van der Waals surface area contributed by atoms with E-state index in [0.717, 1.165) is 6.54 Å². The summed E-state index contributed by atoms with van der Waals surface area (Å²) in [6.45, 7) is 3.45. The van der Waals surface area contributed by atoms with E-state index in [0.29, 0.717) is 13.0 Å². The van der Waals surface area contributed by atoms with Gasteiger partial charge in [-0.1, -0.05) is 0 Å². The lowest BCUT2D eigenvalue weighted by Crippen LogP contribution is -2.25. The molecule has 0 radical (unpaired) electrons. The van der Waals surface area contributed by atoms with Gasteiger partial charge in [0.05, 0.1) is 6.54 Å². The molecule has 0 spiro atoms. The van der Waals surface area contributed by atoms with Crippen LogP contribution in [0.5, 0.6) is 0 Å². The number of nitrogens with one attached hydrogen (secondary N) is 2. The molecule has 1 aromatic rings. The molecule has 0 saturated heterocycles. The molecule has 5 heteroatoms. The van der Waals surface area contributed by atoms with Crippen LogP contribution in [0.25, 0.3) is 0 Å². The van der Waals surface area contributed by atoms with Crippen molar-refractivity contribution >= 4 is 29.7 Å². The number of rotatable bonds is 5. The molecule has 3 nitrogen and oxygen atoms in total. The van der Waals surface area contributed by atoms with Crippen molar-refractivity contribution in [1.82, 2.24) is 10.6 Å². The van der Waals surface area contributed by atoms with Gasteiger partial charge in [-0.15, -0.1) is 23.7 Å². The number of halogens is 1. The smallest absolute Gasteiger partial charge is 0.221 e. The summed E-state index contributed by atoms with van der Waals surface area (Å²) in [6, 6.07) is 2.07. The Morgan fingerprint density at radius 2 is 2.27 bits per heavy atom. The van der Waals surface area contributed by atoms with Gasteiger partial charge in [-0.3, -0.25) is 4.79 Å². The standard InChI is InChI=1S/C10H16N2OS.ClH/c1-8-4-6-14-9(8)7-12-10(13)3-5-11-2;/h4,6,11H,3,5,7H2,1-2H3,(H,12,13);1H. The number of carbonyl (C=O) groups is 1. The number of aryl methyl sites for hydroxylation is 1. The van der Waals surface area contributed by atoms with Gasteiger partial charge in [0, 0.05) is 17.8 Å². The second-order valence-electron chi connectivity index (χ2n) is 3.16. The van der Waals surface area contributed by atoms with Crippen molar-refractivity contribution in [2.24, 2.45) is 0 Å². The average Bonchev–Trinajstić information content (AvgIpc) is 2.58. The molecule has 0 bridgehead atoms. The van der Waals surface area contributed by atoms with E-state index in [9.17, 15) is 4.79 Å². The van der Waals surface area contributed by atoms with Crippen molar-refractivity contribution in [3.8, 4) is 0 Å². The monoisotopic (exact) mass is 248 g/mol. The van der Waals surface area contributed by atoms with Crippen LogP contribution in [-0.4, -0.2) is 19.5 Å². The zero-order valence-electron chi connectivity index (χ0n) is 9.00. The molecular weight excluding hydrogens is 232 g/mol. The van der Waals surface area contributed by atoms with E-state index in [4.69, 9.17) is 0 Å². The predicted molar refractivity (Wildman–Crippen MR) is 66.7 cm³/mol. The van der Waals surface area contributed by atoms with Gasteiger partial charge in [0.25, 0.3) is 0 Å². The van der Waals surface area contributed by atoms with Crippen LogP contribution >= 0.6 is 23.7 Å². The molecule has 1 heterocycles. The zero-order valence-corrected chi connectivity index (χ0v) is 10.6. The van der Waals surface area contributed by atoms with E-state index in [1.165, 1.54) is 10.4 Å². The van der Waals surface area contributed by atoms with Gasteiger partial charge >= 0.3 is 0 Å². The fourth-order valence-electron chi connectivity index (χ4n) is 1.09. The van der Waals surface area contributed by atoms with E-state index in [2.05, 4.69) is 23.6 Å². The van der Waals surface area contributed by atoms with Gasteiger partial charge in [-0.25, -0.2) is 0 Å². The molecule has 2 N–H and O–H groups in total. The Balaban J connectivity index is 0.00000196. The first-order valence-electron chi connectivity index (χ1n) is 4.68. The Bertz CT molecular complexity index is 301. The molecule has 86 valence electrons. The summed E-state index contributed by atoms with van der Waals surface area (Å²) in [7, 11) is 1.84. The second kappa shape index (κ2) is 7.68. The van der Waals surface area contributed by atoms with Crippen molar-refractivity contribution in [2.75, 3.05) is 13.6 Å². The Hall–Kier alpha value is -0.580. The Morgan fingerprint density at radius 1 is 1.53 bits per heavy atom. The maximum Gasteiger partial charge on any atom is 0.221 e. The summed E-state index contributed by atoms with van der Waals surface area (Å²) in [5.74, 6) is 0.104. The third kappa shape index (κ3) is 5.16. The highest BCUT2D eigenvalue weighted by Gasteiger charge is 2.02. The number of hydrogen-bond donors (Lipinski definition) is 2. The lowest BCUT2D eigenvalue weighted by molar-refractivity contribution is -0.121. The molecule has 0 aliphatic carbocycles. The van der Waals surface area contributed by atoms with Gasteiger partial charge in [-0.2, -0.15) is 0 Å². The predicted octanol–water partition coefficient (Wildman–Crippen LogP) is 1.70. The fraction of sp³-hybridized carbons (Fsp3) is 0.500. The van der Waals surface area contributed by atoms with Crippen LogP contribution in [0.2, 0.25) is 0 Å². The zero-order chi connectivity index (χ0) is 10.4. The minimum atomic E-state index is 0. The van der Waals surface area contributed by atoms with Crippen LogP contribution in [0.3, 0.4) is 0 Å². The highest BCUT2D eigenvalue weighted by molar-refractivity contribution is 7.10. The lowest BCUT2D eigenvalue weighted by Gasteiger charge is -2.03. The number of thiophene rings is 1. The summed E-state index contributed by atoms with van der Waals surface area (Å²) in [4.78, 5) is 12.5. The minimum absolute atomic E-state index is 0. The van der Waals surface area contributed by atoms with E-state index >= 15 is 0 Å². The summed E-state index contributed by atoms with van der Waals surface area (Å²) in [5, 5.41) is 7.88. The minimum Gasteiger partial charge on any atom is -0.351 e. The first-order chi connectivity index (χ1) is 6.74. The molecule has 0 aliphatic rings. The largest absolute Gasteiger partial charge is 0.351 e. The molecule has 1 amide bonds. The van der Waals surface area contributed by atoms with Crippen molar-refractivity contribution in [3.63, 3.8) is 0 Å². The van der Waals surface area contributed by atoms with Crippen LogP contribution in [0, 0.1) is 6.92 Å². The molecule has 1 aromatic heterocycles. The summed E-state index contributed by atoms with van der Waals surface area (Å²) < 4.78 is 0. The first-order valence-corrected chi connectivity index (χ1v) is 5.56. The third-order valence-electron chi connectivity index (χ3n) is 2.02. The summed E-state index contributed by atoms with van der Waals surface area (Å²) in [6.07, 6.45) is 0.543. The van der Waals surface area contributed by atoms with E-state index in [-0.39, 0.29) is 18.3 Å². The van der Waals surface area contributed by atoms with Crippen LogP contribution in [-0.2, 0) is 11.3 Å². The van der Waals surface area contributed by atoms with Gasteiger partial charge < -0.3 is 10.6 Å². The fourth-order valence-corrected chi connectivity index (χ4v) is 1.94. The molecule has 15 heavy (non-hydrogen) atoms.